The van der Waals surface area contributed by atoms with Crippen molar-refractivity contribution in [1.82, 2.24) is 10.3 Å². The second-order valence-corrected chi connectivity index (χ2v) is 5.88. The molecule has 132 valence electrons. The molecule has 24 heavy (non-hydrogen) atoms. The maximum Gasteiger partial charge on any atom is 0.471 e. The number of aromatic nitrogens is 1. The van der Waals surface area contributed by atoms with Gasteiger partial charge >= 0.3 is 18.1 Å². The highest BCUT2D eigenvalue weighted by Crippen LogP contribution is 2.28. The maximum absolute atomic E-state index is 12.5. The lowest BCUT2D eigenvalue weighted by atomic mass is 9.87. The Kier molecular flexibility index (Phi) is 5.00. The molecule has 0 aliphatic carbocycles. The van der Waals surface area contributed by atoms with Crippen LogP contribution in [0.3, 0.4) is 0 Å². The molecule has 1 aliphatic rings. The number of alkyl halides is 3. The summed E-state index contributed by atoms with van der Waals surface area (Å²) in [6, 6.07) is 3.28. The number of carbonyl (C=O) groups excluding carboxylic acids is 1. The van der Waals surface area contributed by atoms with Crippen molar-refractivity contribution in [2.75, 3.05) is 11.4 Å². The van der Waals surface area contributed by atoms with Crippen molar-refractivity contribution < 1.29 is 27.9 Å². The SMILES string of the molecule is C[C@H]1CCN(c2cccc(C(=O)O)n2)[C@@H](C)[C@H]1NC(=O)C(F)(F)F. The second-order valence-electron chi connectivity index (χ2n) is 5.88. The minimum Gasteiger partial charge on any atom is -0.477 e. The zero-order valence-electron chi connectivity index (χ0n) is 13.2. The molecule has 3 atom stereocenters. The Labute approximate surface area is 136 Å². The van der Waals surface area contributed by atoms with Crippen LogP contribution < -0.4 is 10.2 Å². The molecular weight excluding hydrogens is 327 g/mol. The third-order valence-electron chi connectivity index (χ3n) is 4.25. The molecule has 1 aliphatic heterocycles. The number of carbonyl (C=O) groups is 2. The summed E-state index contributed by atoms with van der Waals surface area (Å²) >= 11 is 0. The summed E-state index contributed by atoms with van der Waals surface area (Å²) in [5.41, 5.74) is -0.144. The molecule has 0 bridgehead atoms. The topological polar surface area (TPSA) is 82.5 Å². The fraction of sp³-hybridized carbons (Fsp3) is 0.533. The summed E-state index contributed by atoms with van der Waals surface area (Å²) in [5, 5.41) is 11.1. The first-order chi connectivity index (χ1) is 11.1. The van der Waals surface area contributed by atoms with Crippen molar-refractivity contribution in [2.24, 2.45) is 5.92 Å². The van der Waals surface area contributed by atoms with Crippen LogP contribution >= 0.6 is 0 Å². The average molecular weight is 345 g/mol. The third-order valence-corrected chi connectivity index (χ3v) is 4.25. The molecule has 0 aromatic carbocycles. The lowest BCUT2D eigenvalue weighted by Gasteiger charge is -2.44. The summed E-state index contributed by atoms with van der Waals surface area (Å²) in [6.07, 6.45) is -4.39. The van der Waals surface area contributed by atoms with Crippen LogP contribution in [0.15, 0.2) is 18.2 Å². The number of amides is 1. The van der Waals surface area contributed by atoms with Crippen LogP contribution in [-0.4, -0.2) is 46.8 Å². The predicted molar refractivity (Wildman–Crippen MR) is 79.8 cm³/mol. The Morgan fingerprint density at radius 3 is 2.58 bits per heavy atom. The van der Waals surface area contributed by atoms with Gasteiger partial charge in [0, 0.05) is 12.6 Å². The van der Waals surface area contributed by atoms with Crippen LogP contribution in [0.1, 0.15) is 30.8 Å². The Balaban J connectivity index is 2.23. The van der Waals surface area contributed by atoms with Gasteiger partial charge in [0.25, 0.3) is 0 Å². The number of piperidine rings is 1. The largest absolute Gasteiger partial charge is 0.477 e. The van der Waals surface area contributed by atoms with Gasteiger partial charge in [-0.25, -0.2) is 9.78 Å². The molecule has 2 rings (SSSR count). The molecule has 9 heteroatoms. The van der Waals surface area contributed by atoms with Crippen molar-refractivity contribution in [3.05, 3.63) is 23.9 Å². The third kappa shape index (κ3) is 3.77. The normalized spacial score (nSPS) is 24.5. The van der Waals surface area contributed by atoms with Gasteiger partial charge in [-0.2, -0.15) is 13.2 Å². The summed E-state index contributed by atoms with van der Waals surface area (Å²) in [5.74, 6) is -2.94. The van der Waals surface area contributed by atoms with E-state index >= 15 is 0 Å². The first kappa shape index (κ1) is 18.0. The first-order valence-corrected chi connectivity index (χ1v) is 7.46. The van der Waals surface area contributed by atoms with Gasteiger partial charge in [-0.1, -0.05) is 13.0 Å². The van der Waals surface area contributed by atoms with E-state index in [4.69, 9.17) is 5.11 Å². The molecule has 0 saturated carbocycles. The van der Waals surface area contributed by atoms with Crippen molar-refractivity contribution in [2.45, 2.75) is 38.5 Å². The van der Waals surface area contributed by atoms with Gasteiger partial charge in [0.2, 0.25) is 0 Å². The summed E-state index contributed by atoms with van der Waals surface area (Å²) in [6.45, 7) is 3.97. The number of nitrogens with one attached hydrogen (secondary N) is 1. The molecule has 0 unspecified atom stereocenters. The van der Waals surface area contributed by atoms with Crippen LogP contribution in [0, 0.1) is 5.92 Å². The number of hydrogen-bond donors (Lipinski definition) is 2. The van der Waals surface area contributed by atoms with Gasteiger partial charge in [-0.05, 0) is 31.4 Å². The van der Waals surface area contributed by atoms with E-state index in [9.17, 15) is 22.8 Å². The van der Waals surface area contributed by atoms with E-state index in [1.165, 1.54) is 12.1 Å². The number of carboxylic acid groups (broad SMARTS) is 1. The van der Waals surface area contributed by atoms with Crippen LogP contribution in [0.25, 0.3) is 0 Å². The van der Waals surface area contributed by atoms with E-state index in [2.05, 4.69) is 4.98 Å². The number of aromatic carboxylic acids is 1. The lowest BCUT2D eigenvalue weighted by molar-refractivity contribution is -0.175. The molecule has 2 N–H and O–H groups in total. The molecule has 2 heterocycles. The number of hydrogen-bond acceptors (Lipinski definition) is 4. The second kappa shape index (κ2) is 6.66. The minimum atomic E-state index is -4.94. The van der Waals surface area contributed by atoms with Crippen LogP contribution in [0.4, 0.5) is 19.0 Å². The number of halogens is 3. The van der Waals surface area contributed by atoms with E-state index < -0.39 is 30.1 Å². The predicted octanol–water partition coefficient (Wildman–Crippen LogP) is 2.06. The molecule has 1 amide bonds. The molecule has 1 aromatic rings. The number of anilines is 1. The van der Waals surface area contributed by atoms with Gasteiger partial charge in [0.05, 0.1) is 6.04 Å². The van der Waals surface area contributed by atoms with E-state index in [0.29, 0.717) is 18.8 Å². The number of pyridine rings is 1. The number of nitrogens with zero attached hydrogens (tertiary/aromatic N) is 2. The molecule has 1 saturated heterocycles. The van der Waals surface area contributed by atoms with Crippen LogP contribution in [0.2, 0.25) is 0 Å². The molecule has 1 aromatic heterocycles. The van der Waals surface area contributed by atoms with Gasteiger partial charge in [0.15, 0.2) is 5.69 Å². The van der Waals surface area contributed by atoms with Crippen molar-refractivity contribution in [1.29, 1.82) is 0 Å². The quantitative estimate of drug-likeness (QED) is 0.876. The van der Waals surface area contributed by atoms with Crippen molar-refractivity contribution >= 4 is 17.7 Å². The van der Waals surface area contributed by atoms with Gasteiger partial charge in [-0.3, -0.25) is 4.79 Å². The molecule has 1 fully saturated rings. The van der Waals surface area contributed by atoms with E-state index in [-0.39, 0.29) is 11.6 Å². The first-order valence-electron chi connectivity index (χ1n) is 7.46. The fourth-order valence-corrected chi connectivity index (χ4v) is 2.92. The summed E-state index contributed by atoms with van der Waals surface area (Å²) < 4.78 is 37.6. The summed E-state index contributed by atoms with van der Waals surface area (Å²) in [4.78, 5) is 28.0. The number of rotatable bonds is 3. The molecule has 0 spiro atoms. The average Bonchev–Trinajstić information content (AvgIpc) is 2.50. The molecular formula is C15H18F3N3O3. The highest BCUT2D eigenvalue weighted by molar-refractivity contribution is 5.85. The van der Waals surface area contributed by atoms with Gasteiger partial charge in [-0.15, -0.1) is 0 Å². The minimum absolute atomic E-state index is 0.144. The van der Waals surface area contributed by atoms with E-state index in [0.717, 1.165) is 0 Å². The van der Waals surface area contributed by atoms with E-state index in [1.54, 1.807) is 24.8 Å². The Bertz CT molecular complexity index is 636. The zero-order chi connectivity index (χ0) is 18.1. The molecule has 6 nitrogen and oxygen atoms in total. The van der Waals surface area contributed by atoms with Crippen LogP contribution in [-0.2, 0) is 4.79 Å². The summed E-state index contributed by atoms with van der Waals surface area (Å²) in [7, 11) is 0. The number of carboxylic acids is 1. The Morgan fingerprint density at radius 1 is 1.33 bits per heavy atom. The highest BCUT2D eigenvalue weighted by Gasteiger charge is 2.43. The standard InChI is InChI=1S/C15H18F3N3O3/c1-8-6-7-21(11-5-3-4-10(19-11)13(22)23)9(2)12(8)20-14(24)15(16,17)18/h3-5,8-9,12H,6-7H2,1-2H3,(H,20,24)(H,22,23)/t8-,9-,12-/m0/s1. The van der Waals surface area contributed by atoms with Crippen LogP contribution in [0.5, 0.6) is 0 Å². The fourth-order valence-electron chi connectivity index (χ4n) is 2.92. The Hall–Kier alpha value is -2.32. The zero-order valence-corrected chi connectivity index (χ0v) is 13.2. The van der Waals surface area contributed by atoms with Crippen molar-refractivity contribution in [3.63, 3.8) is 0 Å². The van der Waals surface area contributed by atoms with Gasteiger partial charge in [0.1, 0.15) is 5.82 Å². The highest BCUT2D eigenvalue weighted by atomic mass is 19.4. The lowest BCUT2D eigenvalue weighted by Crippen LogP contribution is -2.59. The monoisotopic (exact) mass is 345 g/mol. The van der Waals surface area contributed by atoms with E-state index in [1.807, 2.05) is 5.32 Å². The Morgan fingerprint density at radius 2 is 2.00 bits per heavy atom. The molecule has 0 radical (unpaired) electrons. The van der Waals surface area contributed by atoms with Gasteiger partial charge < -0.3 is 15.3 Å². The smallest absolute Gasteiger partial charge is 0.471 e. The van der Waals surface area contributed by atoms with Crippen molar-refractivity contribution in [3.8, 4) is 0 Å². The maximum atomic E-state index is 12.5.